The van der Waals surface area contributed by atoms with Gasteiger partial charge in [0.15, 0.2) is 0 Å². The van der Waals surface area contributed by atoms with Gasteiger partial charge in [-0.2, -0.15) is 0 Å². The van der Waals surface area contributed by atoms with Crippen molar-refractivity contribution in [3.63, 3.8) is 0 Å². The summed E-state index contributed by atoms with van der Waals surface area (Å²) in [6.45, 7) is 7.93. The zero-order valence-electron chi connectivity index (χ0n) is 13.7. The van der Waals surface area contributed by atoms with Gasteiger partial charge in [-0.05, 0) is 34.5 Å². The number of amides is 2. The number of carbonyl (C=O) groups excluding carboxylic acids is 2. The van der Waals surface area contributed by atoms with Crippen molar-refractivity contribution < 1.29 is 9.59 Å². The molecule has 20 heavy (non-hydrogen) atoms. The molecule has 1 unspecified atom stereocenters. The number of hydrogen-bond donors (Lipinski definition) is 3. The minimum absolute atomic E-state index is 0.0260. The number of nitrogens with one attached hydrogen (secondary N) is 3. The zero-order valence-corrected chi connectivity index (χ0v) is 13.7. The predicted octanol–water partition coefficient (Wildman–Crippen LogP) is -0.195. The van der Waals surface area contributed by atoms with E-state index in [0.717, 1.165) is 13.1 Å². The zero-order chi connectivity index (χ0) is 15.8. The normalized spacial score (nSPS) is 13.2. The van der Waals surface area contributed by atoms with E-state index >= 15 is 0 Å². The molecule has 6 heteroatoms. The number of hydrogen-bond acceptors (Lipinski definition) is 4. The first-order chi connectivity index (χ1) is 9.31. The molecule has 0 bridgehead atoms. The Morgan fingerprint density at radius 1 is 1.25 bits per heavy atom. The van der Waals surface area contributed by atoms with Crippen LogP contribution in [0.4, 0.5) is 0 Å². The van der Waals surface area contributed by atoms with Gasteiger partial charge in [0, 0.05) is 32.6 Å². The third-order valence-electron chi connectivity index (χ3n) is 3.76. The Morgan fingerprint density at radius 3 is 2.30 bits per heavy atom. The highest BCUT2D eigenvalue weighted by molar-refractivity contribution is 5.83. The first-order valence-electron chi connectivity index (χ1n) is 7.14. The quantitative estimate of drug-likeness (QED) is 0.407. The molecule has 0 aromatic heterocycles. The molecule has 0 aliphatic carbocycles. The number of rotatable bonds is 9. The Labute approximate surface area is 122 Å². The van der Waals surface area contributed by atoms with Gasteiger partial charge < -0.3 is 20.9 Å². The number of carbonyl (C=O) groups is 2. The van der Waals surface area contributed by atoms with Crippen molar-refractivity contribution in [2.45, 2.75) is 33.2 Å². The van der Waals surface area contributed by atoms with E-state index in [0.29, 0.717) is 13.0 Å². The standard InChI is InChI=1S/C14H30N4O2/c1-7-18(6)11(10-15-4)14(2,3)13(20)17-9-8-12(19)16-5/h11,15H,7-10H2,1-6H3,(H,16,19)(H,17,20)/i1+1,4+1,5+1,6+1,7+1,16+1. The van der Waals surface area contributed by atoms with E-state index in [4.69, 9.17) is 0 Å². The Balaban J connectivity index is 4.63. The van der Waals surface area contributed by atoms with Gasteiger partial charge in [-0.3, -0.25) is 9.59 Å². The molecule has 0 spiro atoms. The van der Waals surface area contributed by atoms with Crippen LogP contribution in [-0.2, 0) is 9.59 Å². The average Bonchev–Trinajstić information content (AvgIpc) is 2.43. The predicted molar refractivity (Wildman–Crippen MR) is 81.5 cm³/mol. The molecule has 0 aromatic rings. The van der Waals surface area contributed by atoms with Gasteiger partial charge in [0.2, 0.25) is 11.8 Å². The lowest BCUT2D eigenvalue weighted by Crippen LogP contribution is -2.55. The van der Waals surface area contributed by atoms with E-state index in [1.807, 2.05) is 27.9 Å². The summed E-state index contributed by atoms with van der Waals surface area (Å²) in [6.07, 6.45) is 0.304. The van der Waals surface area contributed by atoms with Crippen LogP contribution in [0.25, 0.3) is 0 Å². The van der Waals surface area contributed by atoms with Crippen molar-refractivity contribution in [1.29, 1.82) is 0 Å². The molecule has 2 amide bonds. The molecule has 0 fully saturated rings. The van der Waals surface area contributed by atoms with Crippen molar-refractivity contribution in [2.75, 3.05) is 40.8 Å². The second kappa shape index (κ2) is 8.92. The molecule has 0 rings (SSSR count). The molecule has 0 heterocycles. The summed E-state index contributed by atoms with van der Waals surface area (Å²) >= 11 is 0. The number of likely N-dealkylation sites (N-methyl/N-ethyl adjacent to an activating group) is 2. The second-order valence-electron chi connectivity index (χ2n) is 5.55. The largest absolute Gasteiger partial charge is 0.359 e. The van der Waals surface area contributed by atoms with Crippen LogP contribution in [0, 0.1) is 5.41 Å². The van der Waals surface area contributed by atoms with E-state index in [-0.39, 0.29) is 17.9 Å². The van der Waals surface area contributed by atoms with Crippen LogP contribution in [0.5, 0.6) is 0 Å². The molecule has 0 saturated heterocycles. The topological polar surface area (TPSA) is 73.5 Å². The monoisotopic (exact) mass is 292 g/mol. The molecule has 118 valence electrons. The fourth-order valence-electron chi connectivity index (χ4n) is 2.17. The summed E-state index contributed by atoms with van der Waals surface area (Å²) in [5.41, 5.74) is -0.531. The first-order valence-corrected chi connectivity index (χ1v) is 7.14. The minimum atomic E-state index is -0.531. The van der Waals surface area contributed by atoms with Crippen LogP contribution in [0.15, 0.2) is 0 Å². The Bertz CT molecular complexity index is 318. The van der Waals surface area contributed by atoms with Crippen molar-refractivity contribution in [1.82, 2.24) is 20.9 Å². The molecule has 0 radical (unpaired) electrons. The SMILES string of the molecule is CC(C)(C(=O)NCCC(=O)[15NH][13CH3])C(CN[13CH3])N([13CH3])[13CH2][13CH3]. The number of nitrogens with zero attached hydrogens (tertiary/aromatic N) is 1. The third-order valence-corrected chi connectivity index (χ3v) is 3.76. The molecule has 3 N–H and O–H groups in total. The average molecular weight is 292 g/mol. The van der Waals surface area contributed by atoms with Gasteiger partial charge in [-0.1, -0.05) is 6.92 Å². The Hall–Kier alpha value is -1.14. The summed E-state index contributed by atoms with van der Waals surface area (Å²) in [5, 5.41) is 8.53. The van der Waals surface area contributed by atoms with Crippen molar-refractivity contribution in [3.8, 4) is 0 Å². The van der Waals surface area contributed by atoms with E-state index in [2.05, 4.69) is 27.8 Å². The third kappa shape index (κ3) is 5.46. The van der Waals surface area contributed by atoms with Crippen LogP contribution < -0.4 is 16.0 Å². The Kier molecular flexibility index (Phi) is 8.41. The van der Waals surface area contributed by atoms with E-state index in [9.17, 15) is 9.59 Å². The maximum atomic E-state index is 12.4. The molecular weight excluding hydrogens is 262 g/mol. The summed E-state index contributed by atoms with van der Waals surface area (Å²) in [7, 11) is 5.49. The smallest absolute Gasteiger partial charge is 0.227 e. The van der Waals surface area contributed by atoms with Crippen molar-refractivity contribution >= 4 is 11.8 Å². The molecule has 0 aromatic carbocycles. The highest BCUT2D eigenvalue weighted by Gasteiger charge is 2.38. The van der Waals surface area contributed by atoms with Gasteiger partial charge in [0.25, 0.3) is 0 Å². The maximum Gasteiger partial charge on any atom is 0.227 e. The first kappa shape index (κ1) is 18.9. The summed E-state index contributed by atoms with van der Waals surface area (Å²) in [6, 6.07) is 0.0949. The van der Waals surface area contributed by atoms with Crippen LogP contribution in [0.3, 0.4) is 0 Å². The van der Waals surface area contributed by atoms with Crippen LogP contribution >= 0.6 is 0 Å². The fraction of sp³-hybridized carbons (Fsp3) is 0.857. The van der Waals surface area contributed by atoms with Gasteiger partial charge in [0.05, 0.1) is 5.41 Å². The van der Waals surface area contributed by atoms with Gasteiger partial charge >= 0.3 is 0 Å². The fourth-order valence-corrected chi connectivity index (χ4v) is 2.17. The Morgan fingerprint density at radius 2 is 1.85 bits per heavy atom. The van der Waals surface area contributed by atoms with Crippen molar-refractivity contribution in [2.24, 2.45) is 5.41 Å². The van der Waals surface area contributed by atoms with Crippen LogP contribution in [0.1, 0.15) is 27.2 Å². The lowest BCUT2D eigenvalue weighted by atomic mass is 9.83. The summed E-state index contributed by atoms with van der Waals surface area (Å²) in [5.74, 6) is -0.0949. The molecule has 0 aliphatic rings. The minimum Gasteiger partial charge on any atom is -0.359 e. The van der Waals surface area contributed by atoms with Gasteiger partial charge in [0.1, 0.15) is 0 Å². The second-order valence-corrected chi connectivity index (χ2v) is 5.55. The summed E-state index contributed by atoms with van der Waals surface area (Å²) in [4.78, 5) is 25.7. The van der Waals surface area contributed by atoms with E-state index in [1.165, 1.54) is 0 Å². The molecule has 6 nitrogen and oxygen atoms in total. The highest BCUT2D eigenvalue weighted by Crippen LogP contribution is 2.24. The van der Waals surface area contributed by atoms with Crippen LogP contribution in [-0.4, -0.2) is 63.5 Å². The molecule has 1 atom stereocenters. The van der Waals surface area contributed by atoms with Crippen molar-refractivity contribution in [3.05, 3.63) is 0 Å². The van der Waals surface area contributed by atoms with Gasteiger partial charge in [-0.25, -0.2) is 0 Å². The molecular formula is C14H30N4O2. The lowest BCUT2D eigenvalue weighted by Gasteiger charge is -2.38. The lowest BCUT2D eigenvalue weighted by molar-refractivity contribution is -0.132. The molecule has 0 aliphatic heterocycles. The van der Waals surface area contributed by atoms with Gasteiger partial charge in [-0.15, -0.1) is 0 Å². The van der Waals surface area contributed by atoms with E-state index in [1.54, 1.807) is 7.05 Å². The van der Waals surface area contributed by atoms with E-state index < -0.39 is 5.41 Å². The molecule has 0 saturated carbocycles. The van der Waals surface area contributed by atoms with Crippen LogP contribution in [0.2, 0.25) is 0 Å². The highest BCUT2D eigenvalue weighted by atomic mass is 16.2. The summed E-state index contributed by atoms with van der Waals surface area (Å²) < 4.78 is 0. The maximum absolute atomic E-state index is 12.4.